The number of para-hydroxylation sites is 2. The average Bonchev–Trinajstić information content (AvgIpc) is 3.17. The maximum atomic E-state index is 13.0. The molecule has 0 saturated heterocycles. The topological polar surface area (TPSA) is 54.1 Å². The van der Waals surface area contributed by atoms with Crippen molar-refractivity contribution in [1.29, 1.82) is 0 Å². The van der Waals surface area contributed by atoms with Gasteiger partial charge in [-0.2, -0.15) is 0 Å². The van der Waals surface area contributed by atoms with Gasteiger partial charge >= 0.3 is 0 Å². The first-order valence-corrected chi connectivity index (χ1v) is 9.50. The Labute approximate surface area is 168 Å². The van der Waals surface area contributed by atoms with Crippen LogP contribution in [0.5, 0.6) is 5.75 Å². The summed E-state index contributed by atoms with van der Waals surface area (Å²) >= 11 is 0. The first-order valence-electron chi connectivity index (χ1n) is 9.50. The van der Waals surface area contributed by atoms with Crippen molar-refractivity contribution in [3.8, 4) is 5.75 Å². The normalized spacial score (nSPS) is 10.8. The lowest BCUT2D eigenvalue weighted by Gasteiger charge is -2.12. The fourth-order valence-corrected chi connectivity index (χ4v) is 3.27. The quantitative estimate of drug-likeness (QED) is 0.475. The van der Waals surface area contributed by atoms with Gasteiger partial charge in [0, 0.05) is 23.6 Å². The largest absolute Gasteiger partial charge is 0.488 e. The summed E-state index contributed by atoms with van der Waals surface area (Å²) in [5, 5.41) is 4.14. The Hall–Kier alpha value is -3.60. The second kappa shape index (κ2) is 8.61. The highest BCUT2D eigenvalue weighted by atomic mass is 19.1. The molecule has 5 heteroatoms. The number of aromatic amines is 1. The number of hydrogen-bond acceptors (Lipinski definition) is 2. The lowest BCUT2D eigenvalue weighted by molar-refractivity contribution is 0.0949. The van der Waals surface area contributed by atoms with E-state index in [2.05, 4.69) is 16.4 Å². The van der Waals surface area contributed by atoms with Crippen LogP contribution in [-0.2, 0) is 13.0 Å². The van der Waals surface area contributed by atoms with Crippen molar-refractivity contribution in [2.45, 2.75) is 13.0 Å². The smallest absolute Gasteiger partial charge is 0.255 e. The summed E-state index contributed by atoms with van der Waals surface area (Å²) in [4.78, 5) is 15.9. The van der Waals surface area contributed by atoms with Crippen molar-refractivity contribution in [2.75, 3.05) is 6.54 Å². The van der Waals surface area contributed by atoms with E-state index in [4.69, 9.17) is 4.74 Å². The minimum atomic E-state index is -0.288. The molecule has 0 saturated carbocycles. The van der Waals surface area contributed by atoms with Crippen molar-refractivity contribution in [1.82, 2.24) is 10.3 Å². The number of hydrogen-bond donors (Lipinski definition) is 2. The second-order valence-electron chi connectivity index (χ2n) is 6.78. The molecule has 0 radical (unpaired) electrons. The predicted molar refractivity (Wildman–Crippen MR) is 112 cm³/mol. The molecule has 4 rings (SSSR count). The Morgan fingerprint density at radius 3 is 2.59 bits per heavy atom. The summed E-state index contributed by atoms with van der Waals surface area (Å²) in [6.07, 6.45) is 2.71. The number of ether oxygens (including phenoxy) is 1. The molecule has 1 amide bonds. The monoisotopic (exact) mass is 388 g/mol. The lowest BCUT2D eigenvalue weighted by Crippen LogP contribution is -2.26. The van der Waals surface area contributed by atoms with E-state index in [9.17, 15) is 9.18 Å². The number of carbonyl (C=O) groups excluding carboxylic acids is 1. The fourth-order valence-electron chi connectivity index (χ4n) is 3.27. The molecule has 0 atom stereocenters. The summed E-state index contributed by atoms with van der Waals surface area (Å²) in [5.41, 5.74) is 3.57. The third-order valence-corrected chi connectivity index (χ3v) is 4.79. The highest BCUT2D eigenvalue weighted by Gasteiger charge is 2.12. The van der Waals surface area contributed by atoms with E-state index in [1.165, 1.54) is 23.1 Å². The van der Waals surface area contributed by atoms with Crippen molar-refractivity contribution in [3.05, 3.63) is 102 Å². The molecule has 0 aliphatic heterocycles. The van der Waals surface area contributed by atoms with Crippen LogP contribution in [-0.4, -0.2) is 17.4 Å². The SMILES string of the molecule is O=C(NCCc1c[nH]c2ccccc12)c1ccccc1OCc1ccc(F)cc1. The van der Waals surface area contributed by atoms with E-state index >= 15 is 0 Å². The molecule has 4 aromatic rings. The van der Waals surface area contributed by atoms with Gasteiger partial charge < -0.3 is 15.0 Å². The molecular weight excluding hydrogens is 367 g/mol. The van der Waals surface area contributed by atoms with Gasteiger partial charge in [0.25, 0.3) is 5.91 Å². The minimum absolute atomic E-state index is 0.181. The molecule has 2 N–H and O–H groups in total. The van der Waals surface area contributed by atoms with Crippen LogP contribution in [0.2, 0.25) is 0 Å². The zero-order chi connectivity index (χ0) is 20.1. The molecule has 3 aromatic carbocycles. The van der Waals surface area contributed by atoms with Crippen LogP contribution in [0.3, 0.4) is 0 Å². The zero-order valence-electron chi connectivity index (χ0n) is 15.8. The van der Waals surface area contributed by atoms with E-state index in [1.807, 2.05) is 30.5 Å². The van der Waals surface area contributed by atoms with Crippen LogP contribution in [0.15, 0.2) is 79.0 Å². The number of rotatable bonds is 7. The average molecular weight is 388 g/mol. The van der Waals surface area contributed by atoms with E-state index in [0.29, 0.717) is 17.9 Å². The molecule has 0 spiro atoms. The molecule has 0 unspecified atom stereocenters. The van der Waals surface area contributed by atoms with E-state index in [1.54, 1.807) is 30.3 Å². The van der Waals surface area contributed by atoms with Gasteiger partial charge in [-0.25, -0.2) is 4.39 Å². The molecule has 146 valence electrons. The van der Waals surface area contributed by atoms with Crippen molar-refractivity contribution in [2.24, 2.45) is 0 Å². The number of amides is 1. The van der Waals surface area contributed by atoms with Crippen molar-refractivity contribution < 1.29 is 13.9 Å². The highest BCUT2D eigenvalue weighted by molar-refractivity contribution is 5.97. The number of fused-ring (bicyclic) bond motifs is 1. The molecular formula is C24H21FN2O2. The summed E-state index contributed by atoms with van der Waals surface area (Å²) in [7, 11) is 0. The predicted octanol–water partition coefficient (Wildman–Crippen LogP) is 4.86. The number of aromatic nitrogens is 1. The molecule has 4 nitrogen and oxygen atoms in total. The van der Waals surface area contributed by atoms with Gasteiger partial charge in [-0.15, -0.1) is 0 Å². The Kier molecular flexibility index (Phi) is 5.56. The van der Waals surface area contributed by atoms with Gasteiger partial charge in [0.05, 0.1) is 5.56 Å². The van der Waals surface area contributed by atoms with Gasteiger partial charge in [-0.1, -0.05) is 42.5 Å². The third kappa shape index (κ3) is 4.46. The second-order valence-corrected chi connectivity index (χ2v) is 6.78. The molecule has 0 aliphatic carbocycles. The first-order chi connectivity index (χ1) is 14.2. The Balaban J connectivity index is 1.37. The standard InChI is InChI=1S/C24H21FN2O2/c25-19-11-9-17(10-12-19)16-29-23-8-4-2-6-21(23)24(28)26-14-13-18-15-27-22-7-3-1-5-20(18)22/h1-12,15,27H,13-14,16H2,(H,26,28). The van der Waals surface area contributed by atoms with Crippen LogP contribution < -0.4 is 10.1 Å². The summed E-state index contributed by atoms with van der Waals surface area (Å²) in [6, 6.07) is 21.3. The molecule has 0 aliphatic rings. The molecule has 0 fully saturated rings. The van der Waals surface area contributed by atoms with Gasteiger partial charge in [0.15, 0.2) is 0 Å². The maximum absolute atomic E-state index is 13.0. The number of halogens is 1. The Bertz CT molecular complexity index is 1120. The van der Waals surface area contributed by atoms with Crippen LogP contribution in [0, 0.1) is 5.82 Å². The van der Waals surface area contributed by atoms with Gasteiger partial charge in [0.1, 0.15) is 18.2 Å². The van der Waals surface area contributed by atoms with Gasteiger partial charge in [0.2, 0.25) is 0 Å². The maximum Gasteiger partial charge on any atom is 0.255 e. The molecule has 1 heterocycles. The number of carbonyl (C=O) groups is 1. The third-order valence-electron chi connectivity index (χ3n) is 4.79. The molecule has 1 aromatic heterocycles. The summed E-state index contributed by atoms with van der Waals surface area (Å²) < 4.78 is 18.8. The van der Waals surface area contributed by atoms with Crippen LogP contribution in [0.25, 0.3) is 10.9 Å². The first kappa shape index (κ1) is 18.7. The van der Waals surface area contributed by atoms with Crippen LogP contribution >= 0.6 is 0 Å². The number of nitrogens with one attached hydrogen (secondary N) is 2. The summed E-state index contributed by atoms with van der Waals surface area (Å²) in [6.45, 7) is 0.785. The van der Waals surface area contributed by atoms with E-state index < -0.39 is 0 Å². The van der Waals surface area contributed by atoms with Crippen LogP contribution in [0.4, 0.5) is 4.39 Å². The Morgan fingerprint density at radius 2 is 1.72 bits per heavy atom. The van der Waals surface area contributed by atoms with Crippen LogP contribution in [0.1, 0.15) is 21.5 Å². The molecule has 29 heavy (non-hydrogen) atoms. The van der Waals surface area contributed by atoms with Crippen molar-refractivity contribution >= 4 is 16.8 Å². The van der Waals surface area contributed by atoms with Crippen molar-refractivity contribution in [3.63, 3.8) is 0 Å². The van der Waals surface area contributed by atoms with Gasteiger partial charge in [-0.3, -0.25) is 4.79 Å². The highest BCUT2D eigenvalue weighted by Crippen LogP contribution is 2.20. The Morgan fingerprint density at radius 1 is 0.966 bits per heavy atom. The minimum Gasteiger partial charge on any atom is -0.488 e. The fraction of sp³-hybridized carbons (Fsp3) is 0.125. The van der Waals surface area contributed by atoms with Gasteiger partial charge in [-0.05, 0) is 47.9 Å². The lowest BCUT2D eigenvalue weighted by atomic mass is 10.1. The number of H-pyrrole nitrogens is 1. The number of benzene rings is 3. The van der Waals surface area contributed by atoms with E-state index in [-0.39, 0.29) is 18.3 Å². The summed E-state index contributed by atoms with van der Waals surface area (Å²) in [5.74, 6) is 0.0321. The zero-order valence-corrected chi connectivity index (χ0v) is 15.8. The van der Waals surface area contributed by atoms with E-state index in [0.717, 1.165) is 17.5 Å². The molecule has 0 bridgehead atoms.